The predicted molar refractivity (Wildman–Crippen MR) is 159 cm³/mol. The third-order valence-electron chi connectivity index (χ3n) is 9.83. The van der Waals surface area contributed by atoms with E-state index in [1.807, 2.05) is 25.3 Å². The molecule has 0 spiro atoms. The number of carbonyl (C=O) groups is 2. The van der Waals surface area contributed by atoms with Crippen molar-refractivity contribution in [3.05, 3.63) is 71.7 Å². The van der Waals surface area contributed by atoms with Crippen LogP contribution in [0.5, 0.6) is 0 Å². The molecule has 7 nitrogen and oxygen atoms in total. The average Bonchev–Trinajstić information content (AvgIpc) is 3.71. The van der Waals surface area contributed by atoms with Crippen LogP contribution in [-0.4, -0.2) is 70.9 Å². The molecule has 0 bridgehead atoms. The summed E-state index contributed by atoms with van der Waals surface area (Å²) in [6.07, 6.45) is 8.20. The maximum Gasteiger partial charge on any atom is 0.245 e. The summed E-state index contributed by atoms with van der Waals surface area (Å²) in [5, 5.41) is 7.21. The maximum atomic E-state index is 14.5. The first kappa shape index (κ1) is 27.9. The predicted octanol–water partition coefficient (Wildman–Crippen LogP) is 4.55. The van der Waals surface area contributed by atoms with Gasteiger partial charge in [0.05, 0.1) is 12.1 Å². The normalized spacial score (nSPS) is 24.9. The fraction of sp³-hybridized carbons (Fsp3) is 0.515. The van der Waals surface area contributed by atoms with E-state index in [9.17, 15) is 14.0 Å². The molecule has 0 unspecified atom stereocenters. The third-order valence-corrected chi connectivity index (χ3v) is 9.83. The van der Waals surface area contributed by atoms with Crippen molar-refractivity contribution in [3.8, 4) is 0 Å². The lowest BCUT2D eigenvalue weighted by Gasteiger charge is -2.36. The summed E-state index contributed by atoms with van der Waals surface area (Å²) < 4.78 is 14.0. The van der Waals surface area contributed by atoms with Crippen LogP contribution in [0.15, 0.2) is 54.7 Å². The van der Waals surface area contributed by atoms with Gasteiger partial charge in [0.15, 0.2) is 0 Å². The summed E-state index contributed by atoms with van der Waals surface area (Å²) in [6.45, 7) is 4.14. The van der Waals surface area contributed by atoms with Crippen LogP contribution in [-0.2, 0) is 16.1 Å². The molecule has 2 amide bonds. The molecule has 1 aliphatic carbocycles. The first-order chi connectivity index (χ1) is 19.9. The smallest absolute Gasteiger partial charge is 0.245 e. The zero-order valence-corrected chi connectivity index (χ0v) is 24.1. The Morgan fingerprint density at radius 1 is 1.07 bits per heavy atom. The average molecular weight is 560 g/mol. The van der Waals surface area contributed by atoms with Gasteiger partial charge in [0, 0.05) is 48.7 Å². The molecule has 3 fully saturated rings. The van der Waals surface area contributed by atoms with Crippen LogP contribution >= 0.6 is 0 Å². The van der Waals surface area contributed by atoms with E-state index in [1.54, 1.807) is 13.1 Å². The second-order valence-corrected chi connectivity index (χ2v) is 12.2. The second kappa shape index (κ2) is 11.9. The van der Waals surface area contributed by atoms with Crippen molar-refractivity contribution < 1.29 is 14.0 Å². The molecule has 2 aliphatic heterocycles. The maximum absolute atomic E-state index is 14.5. The summed E-state index contributed by atoms with van der Waals surface area (Å²) in [7, 11) is 1.77. The molecule has 2 aromatic carbocycles. The standard InChI is InChI=1S/C33H42FN5O2/c1-21(35-2)32(40)37-30(23-11-7-4-8-12-23)33(41)39-16-15-29-31(39)27(20-38(29)19-22-9-5-3-6-10-22)26-18-36-28-17-24(34)13-14-25(26)28/h3,5-6,9-10,13-14,17-18,21,23,27,29-31,35-36H,4,7-8,11-12,15-16,19-20H2,1-2H3,(H,37,40)/t21-,27+,29+,30-,31+/m0/s1. The number of nitrogens with one attached hydrogen (secondary N) is 3. The Morgan fingerprint density at radius 3 is 2.61 bits per heavy atom. The van der Waals surface area contributed by atoms with E-state index in [1.165, 1.54) is 18.1 Å². The molecule has 8 heteroatoms. The number of likely N-dealkylation sites (N-methyl/N-ethyl adjacent to an activating group) is 1. The molecule has 2 saturated heterocycles. The second-order valence-electron chi connectivity index (χ2n) is 12.2. The van der Waals surface area contributed by atoms with Crippen LogP contribution in [0, 0.1) is 11.7 Å². The number of nitrogens with zero attached hydrogens (tertiary/aromatic N) is 2. The highest BCUT2D eigenvalue weighted by Crippen LogP contribution is 2.44. The molecule has 3 aliphatic rings. The molecule has 1 aromatic heterocycles. The van der Waals surface area contributed by atoms with E-state index in [0.717, 1.165) is 61.7 Å². The largest absolute Gasteiger partial charge is 0.361 e. The number of carbonyl (C=O) groups excluding carboxylic acids is 2. The summed E-state index contributed by atoms with van der Waals surface area (Å²) >= 11 is 0. The summed E-state index contributed by atoms with van der Waals surface area (Å²) in [5.41, 5.74) is 3.17. The number of aromatic amines is 1. The number of H-pyrrole nitrogens is 1. The number of likely N-dealkylation sites (tertiary alicyclic amines) is 2. The van der Waals surface area contributed by atoms with E-state index in [2.05, 4.69) is 49.7 Å². The number of fused-ring (bicyclic) bond motifs is 2. The molecule has 5 atom stereocenters. The molecule has 3 heterocycles. The quantitative estimate of drug-likeness (QED) is 0.378. The van der Waals surface area contributed by atoms with Crippen molar-refractivity contribution in [1.29, 1.82) is 0 Å². The van der Waals surface area contributed by atoms with E-state index in [-0.39, 0.29) is 47.6 Å². The Morgan fingerprint density at radius 2 is 1.85 bits per heavy atom. The molecule has 218 valence electrons. The van der Waals surface area contributed by atoms with Crippen LogP contribution in [0.3, 0.4) is 0 Å². The van der Waals surface area contributed by atoms with Crippen molar-refractivity contribution in [2.24, 2.45) is 5.92 Å². The van der Waals surface area contributed by atoms with Crippen LogP contribution in [0.1, 0.15) is 62.5 Å². The van der Waals surface area contributed by atoms with E-state index in [4.69, 9.17) is 0 Å². The van der Waals surface area contributed by atoms with Crippen LogP contribution in [0.4, 0.5) is 4.39 Å². The molecule has 3 N–H and O–H groups in total. The number of hydrogen-bond acceptors (Lipinski definition) is 4. The van der Waals surface area contributed by atoms with Gasteiger partial charge in [-0.15, -0.1) is 0 Å². The third kappa shape index (κ3) is 5.52. The van der Waals surface area contributed by atoms with Gasteiger partial charge >= 0.3 is 0 Å². The van der Waals surface area contributed by atoms with Gasteiger partial charge in [0.25, 0.3) is 0 Å². The topological polar surface area (TPSA) is 80.5 Å². The van der Waals surface area contributed by atoms with E-state index in [0.29, 0.717) is 6.54 Å². The summed E-state index contributed by atoms with van der Waals surface area (Å²) in [6, 6.07) is 14.7. The summed E-state index contributed by atoms with van der Waals surface area (Å²) in [5.74, 6) is -0.105. The van der Waals surface area contributed by atoms with Gasteiger partial charge in [-0.05, 0) is 68.5 Å². The Balaban J connectivity index is 1.34. The van der Waals surface area contributed by atoms with Crippen molar-refractivity contribution >= 4 is 22.7 Å². The lowest BCUT2D eigenvalue weighted by molar-refractivity contribution is -0.139. The van der Waals surface area contributed by atoms with Gasteiger partial charge in [-0.1, -0.05) is 49.6 Å². The van der Waals surface area contributed by atoms with E-state index < -0.39 is 6.04 Å². The highest BCUT2D eigenvalue weighted by molar-refractivity contribution is 5.90. The van der Waals surface area contributed by atoms with Crippen molar-refractivity contribution in [1.82, 2.24) is 25.4 Å². The van der Waals surface area contributed by atoms with Gasteiger partial charge in [-0.2, -0.15) is 0 Å². The Hall–Kier alpha value is -3.23. The van der Waals surface area contributed by atoms with Crippen molar-refractivity contribution in [2.45, 2.75) is 82.1 Å². The molecule has 41 heavy (non-hydrogen) atoms. The van der Waals surface area contributed by atoms with Gasteiger partial charge in [-0.3, -0.25) is 14.5 Å². The van der Waals surface area contributed by atoms with Gasteiger partial charge in [-0.25, -0.2) is 4.39 Å². The van der Waals surface area contributed by atoms with Crippen molar-refractivity contribution in [3.63, 3.8) is 0 Å². The lowest BCUT2D eigenvalue weighted by atomic mass is 9.82. The fourth-order valence-corrected chi connectivity index (χ4v) is 7.58. The number of benzene rings is 2. The van der Waals surface area contributed by atoms with Gasteiger partial charge in [0.1, 0.15) is 11.9 Å². The first-order valence-corrected chi connectivity index (χ1v) is 15.3. The lowest BCUT2D eigenvalue weighted by Crippen LogP contribution is -2.57. The first-order valence-electron chi connectivity index (χ1n) is 15.3. The SMILES string of the molecule is CN[C@@H](C)C(=O)N[C@H](C(=O)N1CC[C@@H]2[C@H]1[C@@H](c1c[nH]c3cc(F)ccc13)CN2Cc1ccccc1)C1CCCCC1. The monoisotopic (exact) mass is 559 g/mol. The molecule has 1 saturated carbocycles. The highest BCUT2D eigenvalue weighted by Gasteiger charge is 2.52. The Kier molecular flexibility index (Phi) is 8.13. The molecular weight excluding hydrogens is 517 g/mol. The zero-order valence-electron chi connectivity index (χ0n) is 24.1. The zero-order chi connectivity index (χ0) is 28.5. The van der Waals surface area contributed by atoms with Crippen LogP contribution in [0.25, 0.3) is 10.9 Å². The van der Waals surface area contributed by atoms with Crippen LogP contribution in [0.2, 0.25) is 0 Å². The molecule has 6 rings (SSSR count). The minimum absolute atomic E-state index is 0.0139. The van der Waals surface area contributed by atoms with Crippen molar-refractivity contribution in [2.75, 3.05) is 20.1 Å². The molecule has 0 radical (unpaired) electrons. The Bertz CT molecular complexity index is 1370. The van der Waals surface area contributed by atoms with Crippen LogP contribution < -0.4 is 10.6 Å². The number of rotatable bonds is 8. The highest BCUT2D eigenvalue weighted by atomic mass is 19.1. The molecule has 3 aromatic rings. The van der Waals surface area contributed by atoms with E-state index >= 15 is 0 Å². The Labute approximate surface area is 241 Å². The number of hydrogen-bond donors (Lipinski definition) is 3. The molecular formula is C33H42FN5O2. The number of amides is 2. The fourth-order valence-electron chi connectivity index (χ4n) is 7.58. The number of halogens is 1. The minimum atomic E-state index is -0.516. The van der Waals surface area contributed by atoms with Gasteiger partial charge in [0.2, 0.25) is 11.8 Å². The summed E-state index contributed by atoms with van der Waals surface area (Å²) in [4.78, 5) is 35.5. The minimum Gasteiger partial charge on any atom is -0.361 e. The van der Waals surface area contributed by atoms with Gasteiger partial charge < -0.3 is 20.5 Å². The number of aromatic nitrogens is 1.